The second-order valence-corrected chi connectivity index (χ2v) is 5.72. The number of carbonyl (C=O) groups excluding carboxylic acids is 2. The summed E-state index contributed by atoms with van der Waals surface area (Å²) in [7, 11) is 1.27. The van der Waals surface area contributed by atoms with E-state index in [1.54, 1.807) is 29.2 Å². The summed E-state index contributed by atoms with van der Waals surface area (Å²) >= 11 is 0. The van der Waals surface area contributed by atoms with Crippen molar-refractivity contribution in [3.63, 3.8) is 0 Å². The van der Waals surface area contributed by atoms with Crippen LogP contribution in [0, 0.1) is 5.82 Å². The van der Waals surface area contributed by atoms with Gasteiger partial charge >= 0.3 is 5.97 Å². The van der Waals surface area contributed by atoms with Crippen LogP contribution in [-0.2, 0) is 20.7 Å². The van der Waals surface area contributed by atoms with Crippen molar-refractivity contribution >= 4 is 17.6 Å². The summed E-state index contributed by atoms with van der Waals surface area (Å²) in [4.78, 5) is 25.9. The Hall–Kier alpha value is -2.89. The van der Waals surface area contributed by atoms with Crippen LogP contribution in [-0.4, -0.2) is 31.6 Å². The second kappa shape index (κ2) is 7.34. The molecule has 3 rings (SSSR count). The molecule has 0 N–H and O–H groups in total. The maximum Gasteiger partial charge on any atom is 0.309 e. The Morgan fingerprint density at radius 2 is 1.92 bits per heavy atom. The Labute approximate surface area is 145 Å². The lowest BCUT2D eigenvalue weighted by atomic mass is 10.1. The van der Waals surface area contributed by atoms with Crippen LogP contribution in [0.3, 0.4) is 0 Å². The van der Waals surface area contributed by atoms with Gasteiger partial charge in [-0.2, -0.15) is 0 Å². The smallest absolute Gasteiger partial charge is 0.309 e. The van der Waals surface area contributed by atoms with E-state index in [2.05, 4.69) is 4.74 Å². The van der Waals surface area contributed by atoms with Crippen LogP contribution in [0.15, 0.2) is 48.5 Å². The molecule has 0 saturated carbocycles. The van der Waals surface area contributed by atoms with Gasteiger partial charge in [0.2, 0.25) is 0 Å². The molecule has 25 heavy (non-hydrogen) atoms. The van der Waals surface area contributed by atoms with Gasteiger partial charge in [0.25, 0.3) is 5.91 Å². The lowest BCUT2D eigenvalue weighted by Crippen LogP contribution is -2.47. The van der Waals surface area contributed by atoms with Crippen molar-refractivity contribution in [2.24, 2.45) is 0 Å². The normalized spacial score (nSPS) is 16.2. The standard InChI is InChI=1S/C19H18FNO4/c1-24-18(22)12-17-19(23)21(15-4-2-3-5-16(15)25-17)11-10-13-6-8-14(20)9-7-13/h2-9,17H,10-12H2,1H3/t17-/m0/s1. The van der Waals surface area contributed by atoms with Crippen LogP contribution >= 0.6 is 0 Å². The first-order chi connectivity index (χ1) is 12.1. The van der Waals surface area contributed by atoms with E-state index >= 15 is 0 Å². The van der Waals surface area contributed by atoms with E-state index in [-0.39, 0.29) is 18.1 Å². The number of carbonyl (C=O) groups is 2. The lowest BCUT2D eigenvalue weighted by molar-refractivity contribution is -0.145. The second-order valence-electron chi connectivity index (χ2n) is 5.72. The van der Waals surface area contributed by atoms with E-state index in [0.29, 0.717) is 24.4 Å². The molecule has 1 heterocycles. The number of fused-ring (bicyclic) bond motifs is 1. The molecule has 0 radical (unpaired) electrons. The Morgan fingerprint density at radius 3 is 2.64 bits per heavy atom. The molecule has 130 valence electrons. The van der Waals surface area contributed by atoms with Gasteiger partial charge in [0.15, 0.2) is 6.10 Å². The molecule has 1 aliphatic heterocycles. The number of amides is 1. The van der Waals surface area contributed by atoms with Crippen molar-refractivity contribution in [3.05, 3.63) is 59.9 Å². The quantitative estimate of drug-likeness (QED) is 0.784. The first-order valence-corrected chi connectivity index (χ1v) is 7.97. The Kier molecular flexibility index (Phi) is 4.97. The number of hydrogen-bond donors (Lipinski definition) is 0. The number of ether oxygens (including phenoxy) is 2. The molecule has 0 aromatic heterocycles. The third kappa shape index (κ3) is 3.79. The van der Waals surface area contributed by atoms with E-state index in [4.69, 9.17) is 4.74 Å². The number of halogens is 1. The van der Waals surface area contributed by atoms with Crippen LogP contribution in [0.1, 0.15) is 12.0 Å². The van der Waals surface area contributed by atoms with Gasteiger partial charge in [-0.15, -0.1) is 0 Å². The van der Waals surface area contributed by atoms with E-state index in [1.165, 1.54) is 19.2 Å². The SMILES string of the molecule is COC(=O)C[C@@H]1Oc2ccccc2N(CCc2ccc(F)cc2)C1=O. The number of anilines is 1. The molecule has 0 spiro atoms. The van der Waals surface area contributed by atoms with Gasteiger partial charge in [0.05, 0.1) is 19.2 Å². The summed E-state index contributed by atoms with van der Waals surface area (Å²) in [6, 6.07) is 13.4. The number of para-hydroxylation sites is 2. The van der Waals surface area contributed by atoms with Crippen molar-refractivity contribution < 1.29 is 23.5 Å². The van der Waals surface area contributed by atoms with Gasteiger partial charge in [0.1, 0.15) is 11.6 Å². The molecule has 0 unspecified atom stereocenters. The highest BCUT2D eigenvalue weighted by Crippen LogP contribution is 2.34. The number of esters is 1. The molecule has 5 nitrogen and oxygen atoms in total. The average Bonchev–Trinajstić information content (AvgIpc) is 2.63. The summed E-state index contributed by atoms with van der Waals surface area (Å²) in [6.45, 7) is 0.405. The van der Waals surface area contributed by atoms with Crippen molar-refractivity contribution in [2.75, 3.05) is 18.6 Å². The zero-order valence-corrected chi connectivity index (χ0v) is 13.8. The number of hydrogen-bond acceptors (Lipinski definition) is 4. The van der Waals surface area contributed by atoms with Crippen LogP contribution < -0.4 is 9.64 Å². The molecule has 0 saturated heterocycles. The van der Waals surface area contributed by atoms with Crippen LogP contribution in [0.2, 0.25) is 0 Å². The summed E-state index contributed by atoms with van der Waals surface area (Å²) in [5.74, 6) is -0.535. The molecule has 1 aliphatic rings. The summed E-state index contributed by atoms with van der Waals surface area (Å²) in [5.41, 5.74) is 1.58. The van der Waals surface area contributed by atoms with Crippen molar-refractivity contribution in [1.82, 2.24) is 0 Å². The van der Waals surface area contributed by atoms with Crippen molar-refractivity contribution in [2.45, 2.75) is 18.9 Å². The van der Waals surface area contributed by atoms with Crippen molar-refractivity contribution in [3.8, 4) is 5.75 Å². The molecule has 0 fully saturated rings. The highest BCUT2D eigenvalue weighted by molar-refractivity contribution is 6.01. The Balaban J connectivity index is 1.80. The molecule has 0 aliphatic carbocycles. The van der Waals surface area contributed by atoms with E-state index in [0.717, 1.165) is 5.56 Å². The molecular formula is C19H18FNO4. The van der Waals surface area contributed by atoms with Crippen LogP contribution in [0.4, 0.5) is 10.1 Å². The van der Waals surface area contributed by atoms with Crippen molar-refractivity contribution in [1.29, 1.82) is 0 Å². The van der Waals surface area contributed by atoms with Gasteiger partial charge in [-0.3, -0.25) is 9.59 Å². The third-order valence-corrected chi connectivity index (χ3v) is 4.08. The topological polar surface area (TPSA) is 55.8 Å². The number of nitrogens with zero attached hydrogens (tertiary/aromatic N) is 1. The lowest BCUT2D eigenvalue weighted by Gasteiger charge is -2.34. The fourth-order valence-corrected chi connectivity index (χ4v) is 2.76. The highest BCUT2D eigenvalue weighted by Gasteiger charge is 2.35. The molecular weight excluding hydrogens is 325 g/mol. The Morgan fingerprint density at radius 1 is 1.20 bits per heavy atom. The molecule has 1 amide bonds. The predicted octanol–water partition coefficient (Wildman–Crippen LogP) is 2.73. The minimum absolute atomic E-state index is 0.142. The number of methoxy groups -OCH3 is 1. The minimum Gasteiger partial charge on any atom is -0.478 e. The van der Waals surface area contributed by atoms with Gasteiger partial charge in [-0.05, 0) is 36.2 Å². The molecule has 2 aromatic rings. The fourth-order valence-electron chi connectivity index (χ4n) is 2.76. The average molecular weight is 343 g/mol. The minimum atomic E-state index is -0.907. The van der Waals surface area contributed by atoms with Gasteiger partial charge < -0.3 is 14.4 Å². The molecule has 0 bridgehead atoms. The van der Waals surface area contributed by atoms with Gasteiger partial charge in [-0.25, -0.2) is 4.39 Å². The molecule has 2 aromatic carbocycles. The summed E-state index contributed by atoms with van der Waals surface area (Å²) in [5, 5.41) is 0. The number of benzene rings is 2. The Bertz CT molecular complexity index is 775. The predicted molar refractivity (Wildman–Crippen MR) is 89.9 cm³/mol. The summed E-state index contributed by atoms with van der Waals surface area (Å²) < 4.78 is 23.3. The summed E-state index contributed by atoms with van der Waals surface area (Å²) in [6.07, 6.45) is -0.488. The zero-order valence-electron chi connectivity index (χ0n) is 13.8. The first-order valence-electron chi connectivity index (χ1n) is 7.97. The van der Waals surface area contributed by atoms with Crippen LogP contribution in [0.5, 0.6) is 5.75 Å². The van der Waals surface area contributed by atoms with E-state index in [9.17, 15) is 14.0 Å². The zero-order chi connectivity index (χ0) is 17.8. The fraction of sp³-hybridized carbons (Fsp3) is 0.263. The maximum absolute atomic E-state index is 13.0. The third-order valence-electron chi connectivity index (χ3n) is 4.08. The van der Waals surface area contributed by atoms with Crippen LogP contribution in [0.25, 0.3) is 0 Å². The van der Waals surface area contributed by atoms with Gasteiger partial charge in [0, 0.05) is 6.54 Å². The maximum atomic E-state index is 13.0. The van der Waals surface area contributed by atoms with Gasteiger partial charge in [-0.1, -0.05) is 24.3 Å². The molecule has 6 heteroatoms. The molecule has 1 atom stereocenters. The monoisotopic (exact) mass is 343 g/mol. The largest absolute Gasteiger partial charge is 0.478 e. The van der Waals surface area contributed by atoms with E-state index in [1.807, 2.05) is 12.1 Å². The highest BCUT2D eigenvalue weighted by atomic mass is 19.1. The first kappa shape index (κ1) is 17.0. The van der Waals surface area contributed by atoms with E-state index < -0.39 is 12.1 Å². The number of rotatable bonds is 5.